The summed E-state index contributed by atoms with van der Waals surface area (Å²) in [6.45, 7) is 5.51. The molecule has 3 rings (SSSR count). The summed E-state index contributed by atoms with van der Waals surface area (Å²) < 4.78 is 0. The van der Waals surface area contributed by atoms with Gasteiger partial charge in [-0.25, -0.2) is 0 Å². The van der Waals surface area contributed by atoms with E-state index in [1.165, 1.54) is 16.7 Å². The van der Waals surface area contributed by atoms with Crippen molar-refractivity contribution in [3.63, 3.8) is 0 Å². The Morgan fingerprint density at radius 2 is 1.44 bits per heavy atom. The molecule has 0 aliphatic carbocycles. The number of rotatable bonds is 7. The van der Waals surface area contributed by atoms with E-state index in [-0.39, 0.29) is 5.91 Å². The maximum absolute atomic E-state index is 12.2. The van der Waals surface area contributed by atoms with Gasteiger partial charge in [-0.05, 0) is 42.7 Å². The Labute approximate surface area is 161 Å². The molecule has 1 amide bonds. The number of benzene rings is 3. The molecule has 138 valence electrons. The van der Waals surface area contributed by atoms with Gasteiger partial charge in [0.2, 0.25) is 5.91 Å². The quantitative estimate of drug-likeness (QED) is 0.638. The highest BCUT2D eigenvalue weighted by Crippen LogP contribution is 2.13. The average Bonchev–Trinajstić information content (AvgIpc) is 2.67. The van der Waals surface area contributed by atoms with E-state index in [9.17, 15) is 4.79 Å². The SMILES string of the molecule is Cc1ccc(CNC(=O)Cc2ccc(NCc3cccc(C)c3)cc2)cc1. The normalized spacial score (nSPS) is 10.4. The van der Waals surface area contributed by atoms with E-state index >= 15 is 0 Å². The molecule has 3 nitrogen and oxygen atoms in total. The molecule has 0 aliphatic heterocycles. The Morgan fingerprint density at radius 1 is 0.741 bits per heavy atom. The summed E-state index contributed by atoms with van der Waals surface area (Å²) in [6, 6.07) is 24.7. The zero-order chi connectivity index (χ0) is 19.1. The molecule has 0 saturated carbocycles. The third kappa shape index (κ3) is 6.00. The fourth-order valence-electron chi connectivity index (χ4n) is 2.92. The van der Waals surface area contributed by atoms with E-state index < -0.39 is 0 Å². The summed E-state index contributed by atoms with van der Waals surface area (Å²) in [6.07, 6.45) is 0.393. The Kier molecular flexibility index (Phi) is 6.26. The monoisotopic (exact) mass is 358 g/mol. The minimum Gasteiger partial charge on any atom is -0.381 e. The molecular weight excluding hydrogens is 332 g/mol. The van der Waals surface area contributed by atoms with Crippen LogP contribution in [0.25, 0.3) is 0 Å². The molecule has 0 aliphatic rings. The summed E-state index contributed by atoms with van der Waals surface area (Å²) in [7, 11) is 0. The second-order valence-corrected chi connectivity index (χ2v) is 6.98. The van der Waals surface area contributed by atoms with Crippen LogP contribution in [0.4, 0.5) is 5.69 Å². The topological polar surface area (TPSA) is 41.1 Å². The summed E-state index contributed by atoms with van der Waals surface area (Å²) >= 11 is 0. The smallest absolute Gasteiger partial charge is 0.224 e. The van der Waals surface area contributed by atoms with Crippen LogP contribution in [0.3, 0.4) is 0 Å². The van der Waals surface area contributed by atoms with Crippen molar-refractivity contribution in [3.8, 4) is 0 Å². The Bertz CT molecular complexity index is 883. The van der Waals surface area contributed by atoms with Crippen LogP contribution in [0, 0.1) is 13.8 Å². The summed E-state index contributed by atoms with van der Waals surface area (Å²) in [4.78, 5) is 12.2. The molecule has 3 heteroatoms. The maximum atomic E-state index is 12.2. The third-order valence-corrected chi connectivity index (χ3v) is 4.51. The number of carbonyl (C=O) groups is 1. The first-order chi connectivity index (χ1) is 13.1. The van der Waals surface area contributed by atoms with E-state index in [0.29, 0.717) is 13.0 Å². The summed E-state index contributed by atoms with van der Waals surface area (Å²) in [5.74, 6) is 0.0380. The molecule has 0 atom stereocenters. The predicted molar refractivity (Wildman–Crippen MR) is 112 cm³/mol. The molecule has 0 spiro atoms. The van der Waals surface area contributed by atoms with Gasteiger partial charge in [0.1, 0.15) is 0 Å². The van der Waals surface area contributed by atoms with Gasteiger partial charge in [-0.15, -0.1) is 0 Å². The Morgan fingerprint density at radius 3 is 2.15 bits per heavy atom. The lowest BCUT2D eigenvalue weighted by Gasteiger charge is -2.09. The number of hydrogen-bond donors (Lipinski definition) is 2. The number of anilines is 1. The van der Waals surface area contributed by atoms with Crippen molar-refractivity contribution >= 4 is 11.6 Å². The third-order valence-electron chi connectivity index (χ3n) is 4.51. The maximum Gasteiger partial charge on any atom is 0.224 e. The van der Waals surface area contributed by atoms with Gasteiger partial charge in [-0.3, -0.25) is 4.79 Å². The summed E-state index contributed by atoms with van der Waals surface area (Å²) in [5.41, 5.74) is 6.93. The van der Waals surface area contributed by atoms with Crippen LogP contribution in [0.2, 0.25) is 0 Å². The molecule has 0 unspecified atom stereocenters. The van der Waals surface area contributed by atoms with E-state index in [1.807, 2.05) is 36.4 Å². The number of amides is 1. The van der Waals surface area contributed by atoms with E-state index in [0.717, 1.165) is 23.4 Å². The summed E-state index contributed by atoms with van der Waals surface area (Å²) in [5, 5.41) is 6.40. The zero-order valence-corrected chi connectivity index (χ0v) is 16.0. The van der Waals surface area contributed by atoms with Gasteiger partial charge in [0.05, 0.1) is 6.42 Å². The lowest BCUT2D eigenvalue weighted by atomic mass is 10.1. The van der Waals surface area contributed by atoms with Gasteiger partial charge in [-0.2, -0.15) is 0 Å². The zero-order valence-electron chi connectivity index (χ0n) is 16.0. The van der Waals surface area contributed by atoms with Crippen LogP contribution < -0.4 is 10.6 Å². The molecular formula is C24H26N2O. The Balaban J connectivity index is 1.46. The van der Waals surface area contributed by atoms with Gasteiger partial charge >= 0.3 is 0 Å². The van der Waals surface area contributed by atoms with Crippen LogP contribution in [-0.4, -0.2) is 5.91 Å². The van der Waals surface area contributed by atoms with Crippen molar-refractivity contribution in [1.82, 2.24) is 5.32 Å². The molecule has 27 heavy (non-hydrogen) atoms. The van der Waals surface area contributed by atoms with Crippen molar-refractivity contribution in [3.05, 3.63) is 101 Å². The van der Waals surface area contributed by atoms with Crippen molar-refractivity contribution in [2.75, 3.05) is 5.32 Å². The molecule has 0 saturated heterocycles. The van der Waals surface area contributed by atoms with Crippen molar-refractivity contribution in [2.45, 2.75) is 33.4 Å². The van der Waals surface area contributed by atoms with Gasteiger partial charge in [0.15, 0.2) is 0 Å². The van der Waals surface area contributed by atoms with Crippen LogP contribution in [0.15, 0.2) is 72.8 Å². The highest BCUT2D eigenvalue weighted by Gasteiger charge is 2.04. The van der Waals surface area contributed by atoms with Crippen molar-refractivity contribution in [2.24, 2.45) is 0 Å². The van der Waals surface area contributed by atoms with Crippen molar-refractivity contribution in [1.29, 1.82) is 0 Å². The highest BCUT2D eigenvalue weighted by molar-refractivity contribution is 5.78. The predicted octanol–water partition coefficient (Wildman–Crippen LogP) is 4.77. The number of nitrogens with one attached hydrogen (secondary N) is 2. The first-order valence-electron chi connectivity index (χ1n) is 9.29. The minimum atomic E-state index is 0.0380. The lowest BCUT2D eigenvalue weighted by molar-refractivity contribution is -0.120. The molecule has 0 fully saturated rings. The molecule has 0 aromatic heterocycles. The molecule has 2 N–H and O–H groups in total. The fraction of sp³-hybridized carbons (Fsp3) is 0.208. The molecule has 0 bridgehead atoms. The average molecular weight is 358 g/mol. The first-order valence-corrected chi connectivity index (χ1v) is 9.29. The van der Waals surface area contributed by atoms with Crippen LogP contribution in [0.5, 0.6) is 0 Å². The van der Waals surface area contributed by atoms with E-state index in [1.54, 1.807) is 0 Å². The molecule has 3 aromatic carbocycles. The van der Waals surface area contributed by atoms with Gasteiger partial charge in [-0.1, -0.05) is 71.8 Å². The second kappa shape index (κ2) is 9.04. The first kappa shape index (κ1) is 18.7. The van der Waals surface area contributed by atoms with Gasteiger partial charge in [0, 0.05) is 18.8 Å². The van der Waals surface area contributed by atoms with Gasteiger partial charge in [0.25, 0.3) is 0 Å². The second-order valence-electron chi connectivity index (χ2n) is 6.98. The lowest BCUT2D eigenvalue weighted by Crippen LogP contribution is -2.24. The molecule has 0 heterocycles. The number of aryl methyl sites for hydroxylation is 2. The minimum absolute atomic E-state index is 0.0380. The fourth-order valence-corrected chi connectivity index (χ4v) is 2.92. The van der Waals surface area contributed by atoms with Gasteiger partial charge < -0.3 is 10.6 Å². The van der Waals surface area contributed by atoms with E-state index in [2.05, 4.69) is 60.9 Å². The molecule has 3 aromatic rings. The Hall–Kier alpha value is -3.07. The standard InChI is InChI=1S/C24H26N2O/c1-18-6-8-21(9-7-18)16-26-24(27)15-20-10-12-23(13-11-20)25-17-22-5-3-4-19(2)14-22/h3-14,25H,15-17H2,1-2H3,(H,26,27). The largest absolute Gasteiger partial charge is 0.381 e. The number of hydrogen-bond acceptors (Lipinski definition) is 2. The van der Waals surface area contributed by atoms with Crippen LogP contribution >= 0.6 is 0 Å². The molecule has 0 radical (unpaired) electrons. The van der Waals surface area contributed by atoms with Crippen LogP contribution in [-0.2, 0) is 24.3 Å². The van der Waals surface area contributed by atoms with Crippen molar-refractivity contribution < 1.29 is 4.79 Å². The van der Waals surface area contributed by atoms with Crippen LogP contribution in [0.1, 0.15) is 27.8 Å². The highest BCUT2D eigenvalue weighted by atomic mass is 16.1. The van der Waals surface area contributed by atoms with E-state index in [4.69, 9.17) is 0 Å². The number of carbonyl (C=O) groups excluding carboxylic acids is 1.